The molecule has 0 aliphatic heterocycles. The van der Waals surface area contributed by atoms with Gasteiger partial charge in [0.25, 0.3) is 0 Å². The molecule has 0 aromatic rings. The summed E-state index contributed by atoms with van der Waals surface area (Å²) < 4.78 is 14.2. The van der Waals surface area contributed by atoms with E-state index in [-0.39, 0.29) is 12.6 Å². The zero-order chi connectivity index (χ0) is 13.1. The fourth-order valence-electron chi connectivity index (χ4n) is 1.25. The molecule has 0 aromatic carbocycles. The minimum atomic E-state index is -0.659. The monoisotopic (exact) mass is 242 g/mol. The maximum absolute atomic E-state index is 11.3. The first kappa shape index (κ1) is 15.5. The molecule has 1 atom stereocenters. The Labute approximate surface area is 101 Å². The van der Waals surface area contributed by atoms with Gasteiger partial charge in [-0.05, 0) is 19.3 Å². The number of ether oxygens (including phenoxy) is 3. The third-order valence-electron chi connectivity index (χ3n) is 2.16. The van der Waals surface area contributed by atoms with Crippen molar-refractivity contribution in [3.05, 3.63) is 0 Å². The highest BCUT2D eigenvalue weighted by molar-refractivity contribution is 5.74. The average Bonchev–Trinajstić information content (AvgIpc) is 2.36. The lowest BCUT2D eigenvalue weighted by molar-refractivity contribution is -0.153. The van der Waals surface area contributed by atoms with Crippen molar-refractivity contribution in [1.82, 2.24) is 0 Å². The van der Waals surface area contributed by atoms with Crippen LogP contribution in [0.4, 0.5) is 0 Å². The summed E-state index contributed by atoms with van der Waals surface area (Å²) in [5.74, 6) is 1.58. The van der Waals surface area contributed by atoms with Gasteiger partial charge < -0.3 is 14.2 Å². The van der Waals surface area contributed by atoms with Gasteiger partial charge in [0.1, 0.15) is 6.61 Å². The van der Waals surface area contributed by atoms with Crippen molar-refractivity contribution in [3.8, 4) is 12.3 Å². The van der Waals surface area contributed by atoms with E-state index in [1.54, 1.807) is 0 Å². The van der Waals surface area contributed by atoms with Crippen molar-refractivity contribution in [2.45, 2.75) is 31.8 Å². The van der Waals surface area contributed by atoms with Crippen LogP contribution in [0, 0.1) is 12.3 Å². The predicted molar refractivity (Wildman–Crippen MR) is 61.1 cm³/mol. The van der Waals surface area contributed by atoms with Gasteiger partial charge in [0.05, 0.1) is 14.2 Å². The van der Waals surface area contributed by atoms with Crippen LogP contribution in [0.2, 0.25) is 0 Å². The highest BCUT2D eigenvalue weighted by Gasteiger charge is 2.19. The second-order valence-corrected chi connectivity index (χ2v) is 3.35. The number of hydrogen-bond acceptors (Lipinski definition) is 5. The number of carbonyl (C=O) groups excluding carboxylic acids is 2. The Hall–Kier alpha value is -1.54. The molecule has 1 unspecified atom stereocenters. The molecule has 0 heterocycles. The summed E-state index contributed by atoms with van der Waals surface area (Å²) in [6, 6.07) is 0. The fraction of sp³-hybridized carbons (Fsp3) is 0.667. The lowest BCUT2D eigenvalue weighted by Crippen LogP contribution is -2.25. The van der Waals surface area contributed by atoms with E-state index in [1.165, 1.54) is 14.2 Å². The van der Waals surface area contributed by atoms with Crippen molar-refractivity contribution in [3.63, 3.8) is 0 Å². The zero-order valence-corrected chi connectivity index (χ0v) is 10.2. The summed E-state index contributed by atoms with van der Waals surface area (Å²) in [6.45, 7) is 0.0662. The van der Waals surface area contributed by atoms with Crippen LogP contribution < -0.4 is 0 Å². The molecule has 96 valence electrons. The highest BCUT2D eigenvalue weighted by atomic mass is 16.6. The molecular weight excluding hydrogens is 224 g/mol. The highest BCUT2D eigenvalue weighted by Crippen LogP contribution is 2.09. The van der Waals surface area contributed by atoms with E-state index in [1.807, 2.05) is 0 Å². The SMILES string of the molecule is C#CCOC(CCCCC(=O)OC)C(=O)OC. The molecule has 0 rings (SSSR count). The summed E-state index contributed by atoms with van der Waals surface area (Å²) in [5.41, 5.74) is 0. The third-order valence-corrected chi connectivity index (χ3v) is 2.16. The van der Waals surface area contributed by atoms with Crippen LogP contribution in [0.1, 0.15) is 25.7 Å². The summed E-state index contributed by atoms with van der Waals surface area (Å²) in [5, 5.41) is 0. The molecule has 5 nitrogen and oxygen atoms in total. The predicted octanol–water partition coefficient (Wildman–Crippen LogP) is 0.911. The number of methoxy groups -OCH3 is 2. The molecule has 0 saturated heterocycles. The molecule has 0 saturated carbocycles. The van der Waals surface area contributed by atoms with Gasteiger partial charge in [-0.2, -0.15) is 0 Å². The molecule has 0 aliphatic rings. The first-order chi connectivity index (χ1) is 8.15. The molecule has 0 N–H and O–H groups in total. The number of carbonyl (C=O) groups is 2. The van der Waals surface area contributed by atoms with Crippen LogP contribution in [-0.2, 0) is 23.8 Å². The number of terminal acetylenes is 1. The molecule has 0 fully saturated rings. The van der Waals surface area contributed by atoms with Crippen molar-refractivity contribution in [1.29, 1.82) is 0 Å². The molecule has 0 aromatic heterocycles. The summed E-state index contributed by atoms with van der Waals surface area (Å²) in [6.07, 6.45) is 6.50. The van der Waals surface area contributed by atoms with Gasteiger partial charge in [-0.25, -0.2) is 4.79 Å². The number of hydrogen-bond donors (Lipinski definition) is 0. The molecule has 0 aliphatic carbocycles. The molecule has 0 spiro atoms. The largest absolute Gasteiger partial charge is 0.469 e. The minimum absolute atomic E-state index is 0.0662. The molecule has 0 bridgehead atoms. The lowest BCUT2D eigenvalue weighted by Gasteiger charge is -2.13. The smallest absolute Gasteiger partial charge is 0.335 e. The van der Waals surface area contributed by atoms with E-state index in [0.29, 0.717) is 25.7 Å². The Morgan fingerprint density at radius 3 is 2.47 bits per heavy atom. The van der Waals surface area contributed by atoms with Crippen molar-refractivity contribution < 1.29 is 23.8 Å². The molecule has 17 heavy (non-hydrogen) atoms. The first-order valence-corrected chi connectivity index (χ1v) is 5.35. The van der Waals surface area contributed by atoms with Gasteiger partial charge >= 0.3 is 11.9 Å². The Bertz CT molecular complexity index is 279. The van der Waals surface area contributed by atoms with E-state index < -0.39 is 12.1 Å². The van der Waals surface area contributed by atoms with Crippen LogP contribution in [0.3, 0.4) is 0 Å². The van der Waals surface area contributed by atoms with E-state index in [2.05, 4.69) is 15.4 Å². The Balaban J connectivity index is 3.88. The summed E-state index contributed by atoms with van der Waals surface area (Å²) in [7, 11) is 2.64. The van der Waals surface area contributed by atoms with Crippen LogP contribution in [0.5, 0.6) is 0 Å². The van der Waals surface area contributed by atoms with Gasteiger partial charge in [0.15, 0.2) is 6.10 Å². The van der Waals surface area contributed by atoms with Gasteiger partial charge in [0, 0.05) is 6.42 Å². The van der Waals surface area contributed by atoms with E-state index >= 15 is 0 Å². The normalized spacial score (nSPS) is 11.4. The lowest BCUT2D eigenvalue weighted by atomic mass is 10.1. The Morgan fingerprint density at radius 1 is 1.24 bits per heavy atom. The summed E-state index contributed by atoms with van der Waals surface area (Å²) in [4.78, 5) is 22.1. The third kappa shape index (κ3) is 7.36. The minimum Gasteiger partial charge on any atom is -0.469 e. The van der Waals surface area contributed by atoms with Gasteiger partial charge in [-0.15, -0.1) is 6.42 Å². The number of unbranched alkanes of at least 4 members (excludes halogenated alkanes) is 1. The topological polar surface area (TPSA) is 61.8 Å². The zero-order valence-electron chi connectivity index (χ0n) is 10.2. The quantitative estimate of drug-likeness (QED) is 0.360. The standard InChI is InChI=1S/C12H18O5/c1-4-9-17-10(12(14)16-3)7-5-6-8-11(13)15-2/h1,10H,5-9H2,2-3H3. The van der Waals surface area contributed by atoms with Crippen LogP contribution in [-0.4, -0.2) is 38.9 Å². The molecule has 5 heteroatoms. The van der Waals surface area contributed by atoms with Crippen molar-refractivity contribution in [2.24, 2.45) is 0 Å². The van der Waals surface area contributed by atoms with E-state index in [9.17, 15) is 9.59 Å². The van der Waals surface area contributed by atoms with Gasteiger partial charge in [0.2, 0.25) is 0 Å². The average molecular weight is 242 g/mol. The van der Waals surface area contributed by atoms with Crippen molar-refractivity contribution >= 4 is 11.9 Å². The van der Waals surface area contributed by atoms with Crippen LogP contribution in [0.15, 0.2) is 0 Å². The van der Waals surface area contributed by atoms with Gasteiger partial charge in [-0.3, -0.25) is 4.79 Å². The number of esters is 2. The Morgan fingerprint density at radius 2 is 1.94 bits per heavy atom. The summed E-state index contributed by atoms with van der Waals surface area (Å²) >= 11 is 0. The van der Waals surface area contributed by atoms with E-state index in [4.69, 9.17) is 11.2 Å². The second-order valence-electron chi connectivity index (χ2n) is 3.35. The molecule has 0 radical (unpaired) electrons. The second kappa shape index (κ2) is 9.67. The molecule has 0 amide bonds. The maximum atomic E-state index is 11.3. The molecular formula is C12H18O5. The van der Waals surface area contributed by atoms with Crippen LogP contribution in [0.25, 0.3) is 0 Å². The Kier molecular flexibility index (Phi) is 8.79. The maximum Gasteiger partial charge on any atom is 0.335 e. The van der Waals surface area contributed by atoms with Crippen molar-refractivity contribution in [2.75, 3.05) is 20.8 Å². The van der Waals surface area contributed by atoms with Crippen LogP contribution >= 0.6 is 0 Å². The first-order valence-electron chi connectivity index (χ1n) is 5.35. The number of rotatable bonds is 8. The van der Waals surface area contributed by atoms with Gasteiger partial charge in [-0.1, -0.05) is 5.92 Å². The van der Waals surface area contributed by atoms with E-state index in [0.717, 1.165) is 0 Å². The fourth-order valence-corrected chi connectivity index (χ4v) is 1.25.